The molecule has 1 aromatic carbocycles. The molecule has 0 bridgehead atoms. The third kappa shape index (κ3) is 4.38. The van der Waals surface area contributed by atoms with E-state index in [9.17, 15) is 10.1 Å². The number of likely N-dealkylation sites (N-methyl/N-ethyl adjacent to an activating group) is 1. The second-order valence-corrected chi connectivity index (χ2v) is 7.24. The second-order valence-electron chi connectivity index (χ2n) is 6.39. The van der Waals surface area contributed by atoms with E-state index < -0.39 is 5.54 Å². The molecule has 0 saturated heterocycles. The van der Waals surface area contributed by atoms with Crippen molar-refractivity contribution in [1.29, 1.82) is 5.26 Å². The molecular formula is C17H21Cl2N3O. The highest BCUT2D eigenvalue weighted by Gasteiger charge is 2.43. The lowest BCUT2D eigenvalue weighted by Crippen LogP contribution is -2.50. The van der Waals surface area contributed by atoms with Crippen LogP contribution in [0.3, 0.4) is 0 Å². The Hall–Kier alpha value is -1.28. The standard InChI is InChI=1S/C17H21Cl2N3O/c1-11(14-7-6-13(18)8-15(14)19)22(3)9-16(23)21-17(2,10-20)12-4-5-12/h6-8,11-12H,4-5,9H2,1-3H3,(H,21,23). The van der Waals surface area contributed by atoms with Gasteiger partial charge < -0.3 is 5.32 Å². The molecule has 0 radical (unpaired) electrons. The van der Waals surface area contributed by atoms with Gasteiger partial charge in [0.15, 0.2) is 0 Å². The molecule has 6 heteroatoms. The Labute approximate surface area is 147 Å². The van der Waals surface area contributed by atoms with Crippen LogP contribution in [0, 0.1) is 17.2 Å². The van der Waals surface area contributed by atoms with E-state index in [0.717, 1.165) is 18.4 Å². The number of carbonyl (C=O) groups excluding carboxylic acids is 1. The number of nitrogens with zero attached hydrogens (tertiary/aromatic N) is 2. The van der Waals surface area contributed by atoms with Crippen LogP contribution in [0.5, 0.6) is 0 Å². The maximum Gasteiger partial charge on any atom is 0.235 e. The van der Waals surface area contributed by atoms with Gasteiger partial charge in [0.05, 0.1) is 12.6 Å². The molecule has 23 heavy (non-hydrogen) atoms. The number of hydrogen-bond donors (Lipinski definition) is 1. The van der Waals surface area contributed by atoms with Crippen LogP contribution in [0.15, 0.2) is 18.2 Å². The van der Waals surface area contributed by atoms with Crippen molar-refractivity contribution in [3.63, 3.8) is 0 Å². The predicted octanol–water partition coefficient (Wildman–Crippen LogP) is 3.79. The van der Waals surface area contributed by atoms with E-state index in [4.69, 9.17) is 23.2 Å². The summed E-state index contributed by atoms with van der Waals surface area (Å²) in [5.74, 6) is 0.116. The van der Waals surface area contributed by atoms with Gasteiger partial charge in [-0.1, -0.05) is 29.3 Å². The summed E-state index contributed by atoms with van der Waals surface area (Å²) in [5, 5.41) is 13.4. The van der Waals surface area contributed by atoms with Crippen molar-refractivity contribution in [2.45, 2.75) is 38.3 Å². The van der Waals surface area contributed by atoms with Gasteiger partial charge in [-0.05, 0) is 57.4 Å². The summed E-state index contributed by atoms with van der Waals surface area (Å²) in [5.41, 5.74) is 0.149. The lowest BCUT2D eigenvalue weighted by Gasteiger charge is -2.28. The Morgan fingerprint density at radius 2 is 2.17 bits per heavy atom. The van der Waals surface area contributed by atoms with Crippen molar-refractivity contribution < 1.29 is 4.79 Å². The first kappa shape index (κ1) is 18.1. The number of amides is 1. The van der Waals surface area contributed by atoms with E-state index in [-0.39, 0.29) is 24.4 Å². The molecule has 124 valence electrons. The smallest absolute Gasteiger partial charge is 0.235 e. The first-order valence-corrected chi connectivity index (χ1v) is 8.40. The number of carbonyl (C=O) groups is 1. The Balaban J connectivity index is 1.99. The number of rotatable bonds is 6. The molecule has 2 unspecified atom stereocenters. The van der Waals surface area contributed by atoms with Gasteiger partial charge in [-0.2, -0.15) is 5.26 Å². The van der Waals surface area contributed by atoms with Gasteiger partial charge in [-0.3, -0.25) is 9.69 Å². The number of halogens is 2. The van der Waals surface area contributed by atoms with Crippen LogP contribution in [0.1, 0.15) is 38.3 Å². The van der Waals surface area contributed by atoms with Gasteiger partial charge in [0, 0.05) is 16.1 Å². The highest BCUT2D eigenvalue weighted by molar-refractivity contribution is 6.35. The predicted molar refractivity (Wildman–Crippen MR) is 92.4 cm³/mol. The number of hydrogen-bond acceptors (Lipinski definition) is 3. The van der Waals surface area contributed by atoms with Crippen LogP contribution in [-0.2, 0) is 4.79 Å². The first-order chi connectivity index (χ1) is 10.8. The average molecular weight is 354 g/mol. The van der Waals surface area contributed by atoms with E-state index in [1.165, 1.54) is 0 Å². The van der Waals surface area contributed by atoms with Gasteiger partial charge >= 0.3 is 0 Å². The summed E-state index contributed by atoms with van der Waals surface area (Å²) in [6, 6.07) is 7.54. The van der Waals surface area contributed by atoms with Crippen LogP contribution in [0.4, 0.5) is 0 Å². The molecular weight excluding hydrogens is 333 g/mol. The van der Waals surface area contributed by atoms with Crippen molar-refractivity contribution in [3.8, 4) is 6.07 Å². The van der Waals surface area contributed by atoms with Crippen LogP contribution in [0.2, 0.25) is 10.0 Å². The quantitative estimate of drug-likeness (QED) is 0.846. The summed E-state index contributed by atoms with van der Waals surface area (Å²) < 4.78 is 0. The maximum absolute atomic E-state index is 12.3. The molecule has 2 atom stereocenters. The second kappa shape index (κ2) is 7.09. The SMILES string of the molecule is CC(c1ccc(Cl)cc1Cl)N(C)CC(=O)NC(C)(C#N)C1CC1. The van der Waals surface area contributed by atoms with Crippen molar-refractivity contribution in [3.05, 3.63) is 33.8 Å². The average Bonchev–Trinajstić information content (AvgIpc) is 3.31. The molecule has 1 fully saturated rings. The van der Waals surface area contributed by atoms with Crippen molar-refractivity contribution >= 4 is 29.1 Å². The third-order valence-corrected chi connectivity index (χ3v) is 5.05. The zero-order chi connectivity index (χ0) is 17.2. The summed E-state index contributed by atoms with van der Waals surface area (Å²) in [4.78, 5) is 14.2. The Morgan fingerprint density at radius 1 is 1.52 bits per heavy atom. The molecule has 1 saturated carbocycles. The van der Waals surface area contributed by atoms with Crippen molar-refractivity contribution in [2.75, 3.05) is 13.6 Å². The highest BCUT2D eigenvalue weighted by Crippen LogP contribution is 2.39. The van der Waals surface area contributed by atoms with E-state index in [1.54, 1.807) is 19.1 Å². The van der Waals surface area contributed by atoms with Crippen molar-refractivity contribution in [1.82, 2.24) is 10.2 Å². The van der Waals surface area contributed by atoms with E-state index in [2.05, 4.69) is 11.4 Å². The fourth-order valence-corrected chi connectivity index (χ4v) is 3.22. The minimum Gasteiger partial charge on any atom is -0.337 e. The van der Waals surface area contributed by atoms with Gasteiger partial charge in [-0.25, -0.2) is 0 Å². The number of benzene rings is 1. The van der Waals surface area contributed by atoms with Crippen molar-refractivity contribution in [2.24, 2.45) is 5.92 Å². The van der Waals surface area contributed by atoms with Gasteiger partial charge in [0.2, 0.25) is 5.91 Å². The molecule has 1 aromatic rings. The first-order valence-electron chi connectivity index (χ1n) is 7.64. The zero-order valence-corrected chi connectivity index (χ0v) is 15.1. The van der Waals surface area contributed by atoms with Crippen LogP contribution in [0.25, 0.3) is 0 Å². The molecule has 1 amide bonds. The normalized spacial score (nSPS) is 18.1. The molecule has 0 aromatic heterocycles. The van der Waals surface area contributed by atoms with E-state index in [0.29, 0.717) is 10.0 Å². The minimum absolute atomic E-state index is 0.0419. The number of nitrogens with one attached hydrogen (secondary N) is 1. The van der Waals surface area contributed by atoms with Crippen LogP contribution < -0.4 is 5.32 Å². The Kier molecular flexibility index (Phi) is 5.57. The van der Waals surface area contributed by atoms with E-state index >= 15 is 0 Å². The largest absolute Gasteiger partial charge is 0.337 e. The lowest BCUT2D eigenvalue weighted by atomic mass is 9.98. The molecule has 1 aliphatic rings. The molecule has 0 spiro atoms. The molecule has 2 rings (SSSR count). The summed E-state index contributed by atoms with van der Waals surface area (Å²) >= 11 is 12.1. The van der Waals surface area contributed by atoms with Gasteiger partial charge in [0.25, 0.3) is 0 Å². The molecule has 1 aliphatic carbocycles. The summed E-state index contributed by atoms with van der Waals surface area (Å²) in [7, 11) is 1.86. The molecule has 0 heterocycles. The van der Waals surface area contributed by atoms with Gasteiger partial charge in [-0.15, -0.1) is 0 Å². The van der Waals surface area contributed by atoms with E-state index in [1.807, 2.05) is 24.9 Å². The molecule has 1 N–H and O–H groups in total. The van der Waals surface area contributed by atoms with Crippen LogP contribution in [-0.4, -0.2) is 29.9 Å². The Morgan fingerprint density at radius 3 is 2.70 bits per heavy atom. The highest BCUT2D eigenvalue weighted by atomic mass is 35.5. The Bertz CT molecular complexity index is 639. The fraction of sp³-hybridized carbons (Fsp3) is 0.529. The molecule has 4 nitrogen and oxygen atoms in total. The fourth-order valence-electron chi connectivity index (χ4n) is 2.65. The number of nitriles is 1. The summed E-state index contributed by atoms with van der Waals surface area (Å²) in [6.07, 6.45) is 1.99. The molecule has 0 aliphatic heterocycles. The monoisotopic (exact) mass is 353 g/mol. The van der Waals surface area contributed by atoms with Gasteiger partial charge in [0.1, 0.15) is 5.54 Å². The summed E-state index contributed by atoms with van der Waals surface area (Å²) in [6.45, 7) is 3.97. The maximum atomic E-state index is 12.3. The van der Waals surface area contributed by atoms with Crippen LogP contribution >= 0.6 is 23.2 Å². The lowest BCUT2D eigenvalue weighted by molar-refractivity contribution is -0.123. The topological polar surface area (TPSA) is 56.1 Å². The minimum atomic E-state index is -0.765. The third-order valence-electron chi connectivity index (χ3n) is 4.49. The zero-order valence-electron chi connectivity index (χ0n) is 13.6.